The van der Waals surface area contributed by atoms with Gasteiger partial charge in [-0.05, 0) is 73.2 Å². The van der Waals surface area contributed by atoms with Gasteiger partial charge in [0.1, 0.15) is 23.9 Å². The zero-order valence-electron chi connectivity index (χ0n) is 27.7. The minimum atomic E-state index is -1.14. The van der Waals surface area contributed by atoms with Crippen molar-refractivity contribution in [3.63, 3.8) is 0 Å². The van der Waals surface area contributed by atoms with Gasteiger partial charge in [-0.2, -0.15) is 0 Å². The van der Waals surface area contributed by atoms with Crippen LogP contribution >= 0.6 is 0 Å². The summed E-state index contributed by atoms with van der Waals surface area (Å²) in [6, 6.07) is 17.2. The molecule has 0 saturated carbocycles. The number of aromatic amines is 2. The molecular formula is C37H44N8O5. The van der Waals surface area contributed by atoms with Gasteiger partial charge in [-0.3, -0.25) is 19.2 Å². The number of benzene rings is 3. The van der Waals surface area contributed by atoms with E-state index in [0.29, 0.717) is 31.4 Å². The van der Waals surface area contributed by atoms with Crippen molar-refractivity contribution in [1.29, 1.82) is 0 Å². The number of hydrogen-bond acceptors (Lipinski definition) is 7. The first kappa shape index (κ1) is 35.6. The minimum absolute atomic E-state index is 0.0437. The lowest BCUT2D eigenvalue weighted by atomic mass is 10.0. The third kappa shape index (κ3) is 9.07. The zero-order chi connectivity index (χ0) is 35.6. The number of aromatic hydroxyl groups is 1. The topological polar surface area (TPSA) is 234 Å². The molecule has 262 valence electrons. The second-order valence-electron chi connectivity index (χ2n) is 12.5. The number of amides is 4. The molecule has 0 fully saturated rings. The van der Waals surface area contributed by atoms with Crippen molar-refractivity contribution < 1.29 is 24.3 Å². The molecular weight excluding hydrogens is 636 g/mol. The molecule has 4 atom stereocenters. The van der Waals surface area contributed by atoms with Crippen LogP contribution in [-0.2, 0) is 38.4 Å². The maximum atomic E-state index is 14.1. The Morgan fingerprint density at radius 2 is 1.18 bits per heavy atom. The highest BCUT2D eigenvalue weighted by molar-refractivity contribution is 5.95. The first-order valence-electron chi connectivity index (χ1n) is 16.7. The van der Waals surface area contributed by atoms with Crippen molar-refractivity contribution in [1.82, 2.24) is 25.9 Å². The fourth-order valence-electron chi connectivity index (χ4n) is 6.04. The van der Waals surface area contributed by atoms with Crippen LogP contribution in [0, 0.1) is 0 Å². The van der Waals surface area contributed by atoms with Gasteiger partial charge >= 0.3 is 0 Å². The van der Waals surface area contributed by atoms with E-state index < -0.39 is 47.8 Å². The number of para-hydroxylation sites is 2. The van der Waals surface area contributed by atoms with Gasteiger partial charge in [-0.1, -0.05) is 48.5 Å². The van der Waals surface area contributed by atoms with E-state index in [9.17, 15) is 24.3 Å². The SMILES string of the molecule is NCCCC[C@H](NC(=O)[C@H](Cc1c[nH]c2ccccc12)NC(=O)[C@H](Cc1ccc(O)cc1)NC(=O)[C@@H](N)Cc1c[nH]c2ccccc12)C(N)=O. The number of carbonyl (C=O) groups excluding carboxylic acids is 4. The van der Waals surface area contributed by atoms with Gasteiger partial charge in [0.15, 0.2) is 0 Å². The van der Waals surface area contributed by atoms with E-state index in [1.165, 1.54) is 12.1 Å². The van der Waals surface area contributed by atoms with Gasteiger partial charge < -0.3 is 48.2 Å². The van der Waals surface area contributed by atoms with Gasteiger partial charge in [-0.25, -0.2) is 0 Å². The number of hydrogen-bond donors (Lipinski definition) is 9. The number of nitrogens with two attached hydrogens (primary N) is 3. The van der Waals surface area contributed by atoms with Gasteiger partial charge in [-0.15, -0.1) is 0 Å². The second-order valence-corrected chi connectivity index (χ2v) is 12.5. The Hall–Kier alpha value is -5.66. The van der Waals surface area contributed by atoms with Crippen molar-refractivity contribution >= 4 is 45.4 Å². The molecule has 0 unspecified atom stereocenters. The van der Waals surface area contributed by atoms with Crippen LogP contribution < -0.4 is 33.2 Å². The normalized spacial score (nSPS) is 13.7. The average Bonchev–Trinajstić information content (AvgIpc) is 3.71. The number of unbranched alkanes of at least 4 members (excludes halogenated alkanes) is 1. The predicted molar refractivity (Wildman–Crippen MR) is 192 cm³/mol. The molecule has 5 aromatic rings. The Labute approximate surface area is 289 Å². The smallest absolute Gasteiger partial charge is 0.243 e. The van der Waals surface area contributed by atoms with Crippen molar-refractivity contribution in [2.75, 3.05) is 6.54 Å². The number of H-pyrrole nitrogens is 2. The number of phenolic OH excluding ortho intramolecular Hbond substituents is 1. The molecule has 13 nitrogen and oxygen atoms in total. The summed E-state index contributed by atoms with van der Waals surface area (Å²) in [5, 5.41) is 20.0. The van der Waals surface area contributed by atoms with Crippen LogP contribution in [0.1, 0.15) is 36.0 Å². The van der Waals surface area contributed by atoms with E-state index in [1.807, 2.05) is 54.7 Å². The third-order valence-electron chi connectivity index (χ3n) is 8.80. The molecule has 0 spiro atoms. The number of fused-ring (bicyclic) bond motifs is 2. The number of primary amides is 1. The summed E-state index contributed by atoms with van der Waals surface area (Å²) in [4.78, 5) is 60.1. The fraction of sp³-hybridized carbons (Fsp3) is 0.297. The van der Waals surface area contributed by atoms with Crippen LogP contribution in [0.4, 0.5) is 0 Å². The van der Waals surface area contributed by atoms with E-state index in [1.54, 1.807) is 18.3 Å². The van der Waals surface area contributed by atoms with Gasteiger partial charge in [0, 0.05) is 47.0 Å². The van der Waals surface area contributed by atoms with E-state index in [0.717, 1.165) is 32.9 Å². The van der Waals surface area contributed by atoms with E-state index >= 15 is 0 Å². The molecule has 0 aliphatic rings. The molecule has 3 aromatic carbocycles. The maximum absolute atomic E-state index is 14.1. The highest BCUT2D eigenvalue weighted by Crippen LogP contribution is 2.21. The Bertz CT molecular complexity index is 1940. The lowest BCUT2D eigenvalue weighted by Gasteiger charge is -2.25. The van der Waals surface area contributed by atoms with Crippen LogP contribution in [0.3, 0.4) is 0 Å². The molecule has 4 amide bonds. The summed E-state index contributed by atoms with van der Waals surface area (Å²) in [5.74, 6) is -2.45. The highest BCUT2D eigenvalue weighted by Gasteiger charge is 2.31. The van der Waals surface area contributed by atoms with Crippen LogP contribution in [0.15, 0.2) is 85.2 Å². The van der Waals surface area contributed by atoms with Crippen LogP contribution in [0.2, 0.25) is 0 Å². The fourth-order valence-corrected chi connectivity index (χ4v) is 6.04. The van der Waals surface area contributed by atoms with Crippen LogP contribution in [0.5, 0.6) is 5.75 Å². The van der Waals surface area contributed by atoms with Gasteiger partial charge in [0.2, 0.25) is 23.6 Å². The zero-order valence-corrected chi connectivity index (χ0v) is 27.7. The Balaban J connectivity index is 1.38. The quantitative estimate of drug-likeness (QED) is 0.0660. The molecule has 2 aromatic heterocycles. The molecule has 2 heterocycles. The summed E-state index contributed by atoms with van der Waals surface area (Å²) >= 11 is 0. The first-order chi connectivity index (χ1) is 24.1. The number of rotatable bonds is 17. The Kier molecular flexibility index (Phi) is 11.9. The lowest BCUT2D eigenvalue weighted by Crippen LogP contribution is -2.58. The van der Waals surface area contributed by atoms with Crippen molar-refractivity contribution in [2.24, 2.45) is 17.2 Å². The Morgan fingerprint density at radius 3 is 1.76 bits per heavy atom. The molecule has 50 heavy (non-hydrogen) atoms. The highest BCUT2D eigenvalue weighted by atomic mass is 16.3. The van der Waals surface area contributed by atoms with Crippen LogP contribution in [-0.4, -0.2) is 69.4 Å². The molecule has 12 N–H and O–H groups in total. The predicted octanol–water partition coefficient (Wildman–Crippen LogP) is 1.78. The molecule has 0 radical (unpaired) electrons. The van der Waals surface area contributed by atoms with Crippen molar-refractivity contribution in [2.45, 2.75) is 62.7 Å². The maximum Gasteiger partial charge on any atom is 0.243 e. The number of aromatic nitrogens is 2. The Morgan fingerprint density at radius 1 is 0.660 bits per heavy atom. The largest absolute Gasteiger partial charge is 0.508 e. The first-order valence-corrected chi connectivity index (χ1v) is 16.7. The molecule has 13 heteroatoms. The second kappa shape index (κ2) is 16.6. The summed E-state index contributed by atoms with van der Waals surface area (Å²) < 4.78 is 0. The lowest BCUT2D eigenvalue weighted by molar-refractivity contribution is -0.133. The van der Waals surface area contributed by atoms with Crippen molar-refractivity contribution in [3.8, 4) is 5.75 Å². The van der Waals surface area contributed by atoms with Gasteiger partial charge in [0.25, 0.3) is 0 Å². The molecule has 5 rings (SSSR count). The molecule has 0 aliphatic carbocycles. The number of phenols is 1. The monoisotopic (exact) mass is 680 g/mol. The summed E-state index contributed by atoms with van der Waals surface area (Å²) in [7, 11) is 0. The van der Waals surface area contributed by atoms with E-state index in [-0.39, 0.29) is 25.0 Å². The third-order valence-corrected chi connectivity index (χ3v) is 8.80. The molecule has 0 bridgehead atoms. The van der Waals surface area contributed by atoms with Crippen LogP contribution in [0.25, 0.3) is 21.8 Å². The van der Waals surface area contributed by atoms with E-state index in [2.05, 4.69) is 25.9 Å². The summed E-state index contributed by atoms with van der Waals surface area (Å²) in [5.41, 5.74) is 21.7. The molecule has 0 saturated heterocycles. The van der Waals surface area contributed by atoms with Gasteiger partial charge in [0.05, 0.1) is 6.04 Å². The van der Waals surface area contributed by atoms with E-state index in [4.69, 9.17) is 17.2 Å². The minimum Gasteiger partial charge on any atom is -0.508 e. The molecule has 0 aliphatic heterocycles. The standard InChI is InChI=1S/C37H44N8O5/c38-16-6-5-11-31(34(40)47)43-37(50)33(19-24-21-42-30-10-4-2-8-27(24)30)45-36(49)32(17-22-12-14-25(46)15-13-22)44-35(48)28(39)18-23-20-41-29-9-3-1-7-26(23)29/h1-4,7-10,12-15,20-21,28,31-33,41-42,46H,5-6,11,16-19,38-39H2,(H2,40,47)(H,43,50)(H,44,48)(H,45,49)/t28-,31-,32-,33-/m0/s1. The summed E-state index contributed by atoms with van der Waals surface area (Å²) in [6.45, 7) is 0.429. The number of nitrogens with one attached hydrogen (secondary N) is 5. The number of carbonyl (C=O) groups is 4. The average molecular weight is 681 g/mol. The summed E-state index contributed by atoms with van der Waals surface area (Å²) in [6.07, 6.45) is 5.43. The van der Waals surface area contributed by atoms with Crippen molar-refractivity contribution in [3.05, 3.63) is 102 Å².